The summed E-state index contributed by atoms with van der Waals surface area (Å²) in [5.41, 5.74) is 0.508. The number of allylic oxidation sites excluding steroid dienone is 1. The predicted molar refractivity (Wildman–Crippen MR) is 98.7 cm³/mol. The van der Waals surface area contributed by atoms with Crippen molar-refractivity contribution in [2.75, 3.05) is 13.2 Å². The number of esters is 1. The average molecular weight is 442 g/mol. The van der Waals surface area contributed by atoms with Crippen LogP contribution in [0.4, 0.5) is 0 Å². The number of halogens is 1. The Morgan fingerprint density at radius 1 is 1.43 bits per heavy atom. The van der Waals surface area contributed by atoms with Gasteiger partial charge in [-0.1, -0.05) is 0 Å². The summed E-state index contributed by atoms with van der Waals surface area (Å²) in [5.74, 6) is 0.214. The van der Waals surface area contributed by atoms with Crippen molar-refractivity contribution in [1.82, 2.24) is 0 Å². The quantitative estimate of drug-likeness (QED) is 0.210. The Morgan fingerprint density at radius 3 is 2.62 bits per heavy atom. The van der Waals surface area contributed by atoms with Gasteiger partial charge in [-0.25, -0.2) is 0 Å². The summed E-state index contributed by atoms with van der Waals surface area (Å²) in [6.45, 7) is 9.97. The molecule has 6 heteroatoms. The van der Waals surface area contributed by atoms with E-state index in [1.54, 1.807) is 6.08 Å². The third-order valence-electron chi connectivity index (χ3n) is 6.19. The van der Waals surface area contributed by atoms with Gasteiger partial charge in [-0.05, 0) is 0 Å². The summed E-state index contributed by atoms with van der Waals surface area (Å²) >= 11 is 2.23. The molecule has 0 aliphatic heterocycles. The molecule has 3 aliphatic rings. The van der Waals surface area contributed by atoms with Gasteiger partial charge in [0.15, 0.2) is 0 Å². The molecule has 2 unspecified atom stereocenters. The fourth-order valence-corrected chi connectivity index (χ4v) is 5.57. The van der Waals surface area contributed by atoms with Crippen LogP contribution in [0.15, 0.2) is 12.2 Å². The monoisotopic (exact) mass is 442 g/mol. The third kappa shape index (κ3) is 2.70. The molecular formula is C15H24IO3PS. The summed E-state index contributed by atoms with van der Waals surface area (Å²) in [5, 5.41) is 0. The van der Waals surface area contributed by atoms with E-state index in [-0.39, 0.29) is 22.2 Å². The van der Waals surface area contributed by atoms with Crippen LogP contribution in [0.2, 0.25) is 0 Å². The van der Waals surface area contributed by atoms with Crippen molar-refractivity contribution in [3.05, 3.63) is 12.2 Å². The van der Waals surface area contributed by atoms with E-state index >= 15 is 0 Å². The van der Waals surface area contributed by atoms with E-state index in [9.17, 15) is 4.79 Å². The molecule has 0 saturated heterocycles. The van der Waals surface area contributed by atoms with E-state index in [2.05, 4.69) is 55.9 Å². The van der Waals surface area contributed by atoms with Crippen molar-refractivity contribution >= 4 is 42.3 Å². The predicted octanol–water partition coefficient (Wildman–Crippen LogP) is 5.16. The van der Waals surface area contributed by atoms with Crippen LogP contribution in [0.1, 0.15) is 40.5 Å². The number of rotatable bonds is 5. The second-order valence-electron chi connectivity index (χ2n) is 6.74. The van der Waals surface area contributed by atoms with E-state index < -0.39 is 7.32 Å². The maximum absolute atomic E-state index is 11.7. The molecule has 0 amide bonds. The van der Waals surface area contributed by atoms with Crippen LogP contribution in [-0.4, -0.2) is 19.2 Å². The van der Waals surface area contributed by atoms with Gasteiger partial charge in [-0.2, -0.15) is 0 Å². The summed E-state index contributed by atoms with van der Waals surface area (Å²) < 4.78 is 10.9. The number of hydrogen-bond donors (Lipinski definition) is 1. The number of hydrogen-bond acceptors (Lipinski definition) is 3. The Hall–Kier alpha value is 0.680. The number of fused-ring (bicyclic) bond motifs is 1. The molecule has 4 atom stereocenters. The Kier molecular flexibility index (Phi) is 5.40. The molecule has 3 saturated carbocycles. The first-order valence-electron chi connectivity index (χ1n) is 7.35. The van der Waals surface area contributed by atoms with E-state index in [1.807, 2.05) is 6.92 Å². The SMILES string of the molecule is CCOC(=O)/C=C/C12CC[C@](C)([C@H]1CO[SH](#P)I)C2(C)C. The summed E-state index contributed by atoms with van der Waals surface area (Å²) in [4.78, 5) is 11.7. The van der Waals surface area contributed by atoms with Gasteiger partial charge in [-0.15, -0.1) is 0 Å². The Labute approximate surface area is 143 Å². The van der Waals surface area contributed by atoms with Gasteiger partial charge in [0, 0.05) is 0 Å². The molecular weight excluding hydrogens is 418 g/mol. The van der Waals surface area contributed by atoms with Crippen LogP contribution in [-0.2, 0) is 13.7 Å². The Balaban J connectivity index is 2.22. The molecule has 0 heterocycles. The van der Waals surface area contributed by atoms with Gasteiger partial charge >= 0.3 is 144 Å². The number of thiol groups is 1. The Morgan fingerprint density at radius 2 is 2.10 bits per heavy atom. The van der Waals surface area contributed by atoms with Gasteiger partial charge in [0.25, 0.3) is 0 Å². The maximum atomic E-state index is 11.7. The van der Waals surface area contributed by atoms with Crippen molar-refractivity contribution in [2.45, 2.75) is 40.5 Å². The number of ether oxygens (including phenoxy) is 1. The first-order valence-corrected chi connectivity index (χ1v) is 12.5. The second kappa shape index (κ2) is 6.29. The molecule has 3 rings (SSSR count). The molecule has 0 aromatic heterocycles. The molecule has 21 heavy (non-hydrogen) atoms. The number of carbonyl (C=O) groups is 1. The Bertz CT molecular complexity index is 539. The van der Waals surface area contributed by atoms with Crippen LogP contribution < -0.4 is 0 Å². The van der Waals surface area contributed by atoms with E-state index in [4.69, 9.17) is 8.92 Å². The van der Waals surface area contributed by atoms with Gasteiger partial charge in [0.05, 0.1) is 0 Å². The molecule has 3 nitrogen and oxygen atoms in total. The van der Waals surface area contributed by atoms with Crippen LogP contribution in [0.3, 0.4) is 0 Å². The minimum absolute atomic E-state index is 0.0459. The van der Waals surface area contributed by atoms with E-state index in [0.29, 0.717) is 12.5 Å². The van der Waals surface area contributed by atoms with Gasteiger partial charge in [0.2, 0.25) is 0 Å². The average Bonchev–Trinajstić information content (AvgIpc) is 2.80. The summed E-state index contributed by atoms with van der Waals surface area (Å²) in [6.07, 6.45) is 6.03. The first-order chi connectivity index (χ1) is 9.71. The minimum atomic E-state index is -0.669. The van der Waals surface area contributed by atoms with Crippen LogP contribution in [0.5, 0.6) is 0 Å². The van der Waals surface area contributed by atoms with Crippen molar-refractivity contribution in [1.29, 1.82) is 0 Å². The van der Waals surface area contributed by atoms with Gasteiger partial charge in [-0.3, -0.25) is 0 Å². The fraction of sp³-hybridized carbons (Fsp3) is 0.800. The zero-order valence-electron chi connectivity index (χ0n) is 13.1. The van der Waals surface area contributed by atoms with Crippen LogP contribution >= 0.6 is 36.3 Å². The molecule has 3 fully saturated rings. The fourth-order valence-electron chi connectivity index (χ4n) is 4.62. The molecule has 120 valence electrons. The molecule has 0 aromatic rings. The molecule has 0 radical (unpaired) electrons. The van der Waals surface area contributed by atoms with Crippen molar-refractivity contribution in [2.24, 2.45) is 22.2 Å². The molecule has 0 spiro atoms. The normalized spacial score (nSPS) is 38.2. The molecule has 3 aliphatic carbocycles. The third-order valence-corrected chi connectivity index (χ3v) is 7.74. The van der Waals surface area contributed by atoms with E-state index in [0.717, 1.165) is 13.0 Å². The standard InChI is InChI=1S/C15H24IO3PS/c1-5-18-12(17)6-7-15-9-8-14(4,13(15,2)3)11(15)10-19-21(16)20/h6-7,11,21H,5,8-10H2,1-4H3/b7-6+/t11-,14-,15?/m1/s1. The summed E-state index contributed by atoms with van der Waals surface area (Å²) in [7, 11) is 3.69. The van der Waals surface area contributed by atoms with Crippen LogP contribution in [0.25, 0.3) is 0 Å². The molecule has 2 bridgehead atoms. The zero-order chi connectivity index (χ0) is 15.9. The van der Waals surface area contributed by atoms with Gasteiger partial charge < -0.3 is 0 Å². The summed E-state index contributed by atoms with van der Waals surface area (Å²) in [6, 6.07) is 0. The topological polar surface area (TPSA) is 35.5 Å². The second-order valence-corrected chi connectivity index (χ2v) is 13.5. The van der Waals surface area contributed by atoms with Crippen LogP contribution in [0, 0.1) is 22.2 Å². The van der Waals surface area contributed by atoms with Crippen molar-refractivity contribution in [3.8, 4) is 0 Å². The van der Waals surface area contributed by atoms with Crippen molar-refractivity contribution in [3.63, 3.8) is 0 Å². The first kappa shape index (κ1) is 18.0. The molecule has 0 aromatic carbocycles. The number of carbonyl (C=O) groups excluding carboxylic acids is 1. The molecule has 0 N–H and O–H groups in total. The zero-order valence-corrected chi connectivity index (χ0v) is 17.0. The van der Waals surface area contributed by atoms with E-state index in [1.165, 1.54) is 6.42 Å². The van der Waals surface area contributed by atoms with Crippen molar-refractivity contribution < 1.29 is 13.7 Å². The van der Waals surface area contributed by atoms with Gasteiger partial charge in [0.1, 0.15) is 0 Å².